The summed E-state index contributed by atoms with van der Waals surface area (Å²) in [5.74, 6) is 1.39. The molecule has 1 aromatic heterocycles. The van der Waals surface area contributed by atoms with Crippen molar-refractivity contribution in [2.45, 2.75) is 33.0 Å². The SMILES string of the molecule is CC(C)NC(=O)Nc1cccc(OCc2nccn2Cc2cc(Cl)cc(Cl)c2)c1. The van der Waals surface area contributed by atoms with Crippen molar-refractivity contribution in [3.63, 3.8) is 0 Å². The number of nitrogens with one attached hydrogen (secondary N) is 2. The summed E-state index contributed by atoms with van der Waals surface area (Å²) >= 11 is 12.2. The number of hydrogen-bond donors (Lipinski definition) is 2. The molecule has 8 heteroatoms. The molecule has 29 heavy (non-hydrogen) atoms. The number of aromatic nitrogens is 2. The van der Waals surface area contributed by atoms with E-state index in [0.717, 1.165) is 11.4 Å². The number of carbonyl (C=O) groups excluding carboxylic acids is 1. The van der Waals surface area contributed by atoms with Gasteiger partial charge in [0.15, 0.2) is 0 Å². The summed E-state index contributed by atoms with van der Waals surface area (Å²) in [6.07, 6.45) is 3.60. The van der Waals surface area contributed by atoms with Crippen LogP contribution in [0.4, 0.5) is 10.5 Å². The summed E-state index contributed by atoms with van der Waals surface area (Å²) < 4.78 is 7.84. The Kier molecular flexibility index (Phi) is 7.01. The Morgan fingerprint density at radius 2 is 1.93 bits per heavy atom. The Morgan fingerprint density at radius 3 is 2.66 bits per heavy atom. The van der Waals surface area contributed by atoms with Crippen LogP contribution in [-0.4, -0.2) is 21.6 Å². The van der Waals surface area contributed by atoms with Gasteiger partial charge in [-0.1, -0.05) is 29.3 Å². The zero-order chi connectivity index (χ0) is 20.8. The molecule has 6 nitrogen and oxygen atoms in total. The summed E-state index contributed by atoms with van der Waals surface area (Å²) in [6.45, 7) is 4.66. The van der Waals surface area contributed by atoms with E-state index in [2.05, 4.69) is 15.6 Å². The minimum Gasteiger partial charge on any atom is -0.486 e. The largest absolute Gasteiger partial charge is 0.486 e. The van der Waals surface area contributed by atoms with Gasteiger partial charge in [0.2, 0.25) is 0 Å². The zero-order valence-electron chi connectivity index (χ0n) is 16.2. The lowest BCUT2D eigenvalue weighted by atomic mass is 10.2. The number of halogens is 2. The van der Waals surface area contributed by atoms with E-state index in [0.29, 0.717) is 28.0 Å². The molecule has 0 unspecified atom stereocenters. The van der Waals surface area contributed by atoms with Crippen molar-refractivity contribution in [2.24, 2.45) is 0 Å². The molecule has 0 spiro atoms. The van der Waals surface area contributed by atoms with Crippen molar-refractivity contribution in [3.8, 4) is 5.75 Å². The molecule has 2 N–H and O–H groups in total. The monoisotopic (exact) mass is 432 g/mol. The van der Waals surface area contributed by atoms with Crippen LogP contribution in [0.3, 0.4) is 0 Å². The highest BCUT2D eigenvalue weighted by Gasteiger charge is 2.08. The van der Waals surface area contributed by atoms with Gasteiger partial charge in [-0.3, -0.25) is 0 Å². The van der Waals surface area contributed by atoms with Gasteiger partial charge in [-0.15, -0.1) is 0 Å². The van der Waals surface area contributed by atoms with Gasteiger partial charge in [0.25, 0.3) is 0 Å². The van der Waals surface area contributed by atoms with Crippen LogP contribution >= 0.6 is 23.2 Å². The van der Waals surface area contributed by atoms with Crippen molar-refractivity contribution in [1.29, 1.82) is 0 Å². The third-order valence-electron chi connectivity index (χ3n) is 3.96. The number of anilines is 1. The van der Waals surface area contributed by atoms with Crippen LogP contribution in [0, 0.1) is 0 Å². The normalized spacial score (nSPS) is 10.8. The molecule has 0 fully saturated rings. The second-order valence-corrected chi connectivity index (χ2v) is 7.69. The third kappa shape index (κ3) is 6.41. The van der Waals surface area contributed by atoms with Crippen LogP contribution in [0.25, 0.3) is 0 Å². The summed E-state index contributed by atoms with van der Waals surface area (Å²) in [6, 6.07) is 12.5. The minimum absolute atomic E-state index is 0.0580. The van der Waals surface area contributed by atoms with Crippen LogP contribution in [0.15, 0.2) is 54.9 Å². The highest BCUT2D eigenvalue weighted by molar-refractivity contribution is 6.34. The van der Waals surface area contributed by atoms with Gasteiger partial charge in [0.1, 0.15) is 18.2 Å². The Labute approximate surface area is 179 Å². The molecular weight excluding hydrogens is 411 g/mol. The maximum Gasteiger partial charge on any atom is 0.319 e. The topological polar surface area (TPSA) is 68.2 Å². The Balaban J connectivity index is 1.63. The summed E-state index contributed by atoms with van der Waals surface area (Å²) in [5, 5.41) is 6.75. The van der Waals surface area contributed by atoms with E-state index in [4.69, 9.17) is 27.9 Å². The smallest absolute Gasteiger partial charge is 0.319 e. The van der Waals surface area contributed by atoms with E-state index in [-0.39, 0.29) is 18.7 Å². The number of ether oxygens (including phenoxy) is 1. The predicted molar refractivity (Wildman–Crippen MR) is 116 cm³/mol. The molecule has 0 saturated carbocycles. The van der Waals surface area contributed by atoms with Crippen LogP contribution < -0.4 is 15.4 Å². The van der Waals surface area contributed by atoms with E-state index < -0.39 is 0 Å². The molecule has 2 aromatic carbocycles. The van der Waals surface area contributed by atoms with Gasteiger partial charge in [-0.05, 0) is 49.7 Å². The van der Waals surface area contributed by atoms with Gasteiger partial charge < -0.3 is 19.9 Å². The molecule has 1 heterocycles. The average molecular weight is 433 g/mol. The summed E-state index contributed by atoms with van der Waals surface area (Å²) in [5.41, 5.74) is 1.63. The molecule has 2 amide bonds. The van der Waals surface area contributed by atoms with Gasteiger partial charge in [-0.2, -0.15) is 0 Å². The highest BCUT2D eigenvalue weighted by atomic mass is 35.5. The first-order chi connectivity index (χ1) is 13.9. The summed E-state index contributed by atoms with van der Waals surface area (Å²) in [4.78, 5) is 16.2. The second-order valence-electron chi connectivity index (χ2n) is 6.82. The molecule has 0 saturated heterocycles. The van der Waals surface area contributed by atoms with Gasteiger partial charge in [-0.25, -0.2) is 9.78 Å². The standard InChI is InChI=1S/C21H22Cl2N4O2/c1-14(2)25-21(28)26-18-4-3-5-19(11-18)29-13-20-24-6-7-27(20)12-15-8-16(22)10-17(23)9-15/h3-11,14H,12-13H2,1-2H3,(H2,25,26,28). The van der Waals surface area contributed by atoms with Crippen LogP contribution in [0.5, 0.6) is 5.75 Å². The van der Waals surface area contributed by atoms with Crippen molar-refractivity contribution in [2.75, 3.05) is 5.32 Å². The quantitative estimate of drug-likeness (QED) is 0.528. The molecule has 0 radical (unpaired) electrons. The third-order valence-corrected chi connectivity index (χ3v) is 4.39. The second kappa shape index (κ2) is 9.67. The van der Waals surface area contributed by atoms with E-state index in [1.54, 1.807) is 24.4 Å². The van der Waals surface area contributed by atoms with E-state index in [1.807, 2.05) is 48.9 Å². The predicted octanol–water partition coefficient (Wildman–Crippen LogP) is 5.35. The number of imidazole rings is 1. The fourth-order valence-corrected chi connectivity index (χ4v) is 3.34. The number of urea groups is 1. The molecule has 3 aromatic rings. The highest BCUT2D eigenvalue weighted by Crippen LogP contribution is 2.21. The Hall–Kier alpha value is -2.70. The molecular formula is C21H22Cl2N4O2. The molecule has 0 aliphatic heterocycles. The van der Waals surface area contributed by atoms with E-state index in [1.165, 1.54) is 0 Å². The summed E-state index contributed by atoms with van der Waals surface area (Å²) in [7, 11) is 0. The van der Waals surface area contributed by atoms with Gasteiger partial charge in [0.05, 0.1) is 0 Å². The fraction of sp³-hybridized carbons (Fsp3) is 0.238. The van der Waals surface area contributed by atoms with E-state index >= 15 is 0 Å². The first kappa shape index (κ1) is 21.0. The van der Waals surface area contributed by atoms with Crippen LogP contribution in [0.1, 0.15) is 25.2 Å². The van der Waals surface area contributed by atoms with Gasteiger partial charge in [0, 0.05) is 46.8 Å². The molecule has 0 atom stereocenters. The Morgan fingerprint density at radius 1 is 1.17 bits per heavy atom. The number of amides is 2. The molecule has 0 aliphatic carbocycles. The van der Waals surface area contributed by atoms with Crippen molar-refractivity contribution < 1.29 is 9.53 Å². The number of hydrogen-bond acceptors (Lipinski definition) is 3. The van der Waals surface area contributed by atoms with Crippen LogP contribution in [-0.2, 0) is 13.2 Å². The van der Waals surface area contributed by atoms with Gasteiger partial charge >= 0.3 is 6.03 Å². The van der Waals surface area contributed by atoms with Crippen molar-refractivity contribution in [1.82, 2.24) is 14.9 Å². The lowest BCUT2D eigenvalue weighted by Gasteiger charge is -2.12. The fourth-order valence-electron chi connectivity index (χ4n) is 2.76. The average Bonchev–Trinajstić information content (AvgIpc) is 3.05. The number of rotatable bonds is 7. The lowest BCUT2D eigenvalue weighted by molar-refractivity contribution is 0.250. The molecule has 0 aliphatic rings. The lowest BCUT2D eigenvalue weighted by Crippen LogP contribution is -2.34. The molecule has 152 valence electrons. The number of nitrogens with zero attached hydrogens (tertiary/aromatic N) is 2. The van der Waals surface area contributed by atoms with E-state index in [9.17, 15) is 4.79 Å². The van der Waals surface area contributed by atoms with Crippen LogP contribution in [0.2, 0.25) is 10.0 Å². The molecule has 0 bridgehead atoms. The zero-order valence-corrected chi connectivity index (χ0v) is 17.7. The maximum absolute atomic E-state index is 11.8. The van der Waals surface area contributed by atoms with Crippen molar-refractivity contribution >= 4 is 34.9 Å². The Bertz CT molecular complexity index is 968. The minimum atomic E-state index is -0.257. The maximum atomic E-state index is 11.8. The number of benzene rings is 2. The molecule has 3 rings (SSSR count). The number of carbonyl (C=O) groups is 1. The first-order valence-corrected chi connectivity index (χ1v) is 9.90. The van der Waals surface area contributed by atoms with Crippen molar-refractivity contribution in [3.05, 3.63) is 76.3 Å². The first-order valence-electron chi connectivity index (χ1n) is 9.14.